The highest BCUT2D eigenvalue weighted by molar-refractivity contribution is 5.98. The summed E-state index contributed by atoms with van der Waals surface area (Å²) in [5.74, 6) is -0.325. The number of hydrogen-bond donors (Lipinski definition) is 3. The van der Waals surface area contributed by atoms with Gasteiger partial charge in [-0.15, -0.1) is 0 Å². The number of aromatic nitrogens is 1. The highest BCUT2D eigenvalue weighted by atomic mass is 16.6. The zero-order chi connectivity index (χ0) is 14.6. The van der Waals surface area contributed by atoms with E-state index in [0.29, 0.717) is 6.54 Å². The van der Waals surface area contributed by atoms with Crippen molar-refractivity contribution in [3.63, 3.8) is 0 Å². The number of carbonyl (C=O) groups excluding carboxylic acids is 1. The second kappa shape index (κ2) is 6.10. The van der Waals surface area contributed by atoms with Crippen molar-refractivity contribution >= 4 is 17.4 Å². The first-order valence-corrected chi connectivity index (χ1v) is 5.76. The van der Waals surface area contributed by atoms with Crippen LogP contribution in [-0.4, -0.2) is 28.4 Å². The van der Waals surface area contributed by atoms with Crippen molar-refractivity contribution in [2.45, 2.75) is 19.9 Å². The number of hydrogen-bond acceptors (Lipinski definition) is 6. The van der Waals surface area contributed by atoms with Gasteiger partial charge in [0.2, 0.25) is 0 Å². The van der Waals surface area contributed by atoms with Gasteiger partial charge in [-0.1, -0.05) is 13.8 Å². The molecule has 1 atom stereocenters. The van der Waals surface area contributed by atoms with Gasteiger partial charge in [0.15, 0.2) is 0 Å². The van der Waals surface area contributed by atoms with Gasteiger partial charge >= 0.3 is 0 Å². The lowest BCUT2D eigenvalue weighted by atomic mass is 10.1. The van der Waals surface area contributed by atoms with E-state index in [1.807, 2.05) is 13.8 Å². The molecular weight excluding hydrogens is 250 g/mol. The Kier molecular flexibility index (Phi) is 4.76. The third-order valence-corrected chi connectivity index (χ3v) is 2.71. The molecule has 0 saturated heterocycles. The van der Waals surface area contributed by atoms with E-state index < -0.39 is 10.8 Å². The maximum Gasteiger partial charge on any atom is 0.288 e. The summed E-state index contributed by atoms with van der Waals surface area (Å²) in [6.45, 7) is 4.32. The predicted octanol–water partition coefficient (Wildman–Crippen LogP) is 0.484. The highest BCUT2D eigenvalue weighted by Crippen LogP contribution is 2.18. The highest BCUT2D eigenvalue weighted by Gasteiger charge is 2.17. The normalized spacial score (nSPS) is 12.2. The molecule has 1 rings (SSSR count). The zero-order valence-corrected chi connectivity index (χ0v) is 10.8. The van der Waals surface area contributed by atoms with Crippen LogP contribution in [0, 0.1) is 16.0 Å². The summed E-state index contributed by atoms with van der Waals surface area (Å²) < 4.78 is 0. The standard InChI is InChI=1S/C11H17N5O3/c1-6(2)9(12)5-15-11-8(10(13)17)3-7(4-14-11)16(18)19/h3-4,6,9H,5,12H2,1-2H3,(H2,13,17)(H,14,15). The van der Waals surface area contributed by atoms with E-state index in [1.54, 1.807) is 0 Å². The number of carbonyl (C=O) groups is 1. The minimum atomic E-state index is -0.781. The largest absolute Gasteiger partial charge is 0.368 e. The lowest BCUT2D eigenvalue weighted by Gasteiger charge is -2.17. The van der Waals surface area contributed by atoms with Crippen LogP contribution in [-0.2, 0) is 0 Å². The quantitative estimate of drug-likeness (QED) is 0.506. The first-order chi connectivity index (χ1) is 8.82. The maximum atomic E-state index is 11.3. The van der Waals surface area contributed by atoms with Crippen molar-refractivity contribution in [2.75, 3.05) is 11.9 Å². The van der Waals surface area contributed by atoms with Gasteiger partial charge in [-0.3, -0.25) is 14.9 Å². The van der Waals surface area contributed by atoms with Gasteiger partial charge in [0.1, 0.15) is 12.0 Å². The lowest BCUT2D eigenvalue weighted by Crippen LogP contribution is -2.34. The molecule has 8 heteroatoms. The molecule has 0 saturated carbocycles. The molecule has 0 aliphatic rings. The Balaban J connectivity index is 2.94. The van der Waals surface area contributed by atoms with E-state index in [2.05, 4.69) is 10.3 Å². The Morgan fingerprint density at radius 3 is 2.68 bits per heavy atom. The summed E-state index contributed by atoms with van der Waals surface area (Å²) in [5, 5.41) is 13.5. The first kappa shape index (κ1) is 14.8. The molecule has 19 heavy (non-hydrogen) atoms. The first-order valence-electron chi connectivity index (χ1n) is 5.76. The fourth-order valence-electron chi connectivity index (χ4n) is 1.33. The molecule has 1 aromatic heterocycles. The molecule has 0 aliphatic heterocycles. The van der Waals surface area contributed by atoms with Crippen LogP contribution >= 0.6 is 0 Å². The number of nitrogens with one attached hydrogen (secondary N) is 1. The van der Waals surface area contributed by atoms with Crippen molar-refractivity contribution in [3.05, 3.63) is 27.9 Å². The van der Waals surface area contributed by atoms with E-state index in [4.69, 9.17) is 11.5 Å². The molecule has 8 nitrogen and oxygen atoms in total. The minimum absolute atomic E-state index is 0.0230. The van der Waals surface area contributed by atoms with Crippen molar-refractivity contribution in [1.82, 2.24) is 4.98 Å². The average molecular weight is 267 g/mol. The van der Waals surface area contributed by atoms with Crippen LogP contribution < -0.4 is 16.8 Å². The van der Waals surface area contributed by atoms with Gasteiger partial charge in [-0.25, -0.2) is 4.98 Å². The smallest absolute Gasteiger partial charge is 0.288 e. The molecule has 0 radical (unpaired) electrons. The number of amides is 1. The van der Waals surface area contributed by atoms with Crippen LogP contribution in [0.3, 0.4) is 0 Å². The van der Waals surface area contributed by atoms with Gasteiger partial charge in [0, 0.05) is 18.7 Å². The number of primary amides is 1. The van der Waals surface area contributed by atoms with Crippen molar-refractivity contribution in [2.24, 2.45) is 17.4 Å². The summed E-state index contributed by atoms with van der Waals surface area (Å²) >= 11 is 0. The van der Waals surface area contributed by atoms with Crippen LogP contribution in [0.4, 0.5) is 11.5 Å². The Bertz CT molecular complexity index is 489. The van der Waals surface area contributed by atoms with E-state index in [-0.39, 0.29) is 29.0 Å². The molecule has 1 heterocycles. The molecule has 0 fully saturated rings. The van der Waals surface area contributed by atoms with E-state index in [1.165, 1.54) is 0 Å². The summed E-state index contributed by atoms with van der Waals surface area (Å²) in [6.07, 6.45) is 1.07. The number of nitrogens with two attached hydrogens (primary N) is 2. The maximum absolute atomic E-state index is 11.3. The van der Waals surface area contributed by atoms with Gasteiger partial charge in [0.05, 0.1) is 10.5 Å². The third-order valence-electron chi connectivity index (χ3n) is 2.71. The molecule has 0 aromatic carbocycles. The van der Waals surface area contributed by atoms with Crippen LogP contribution in [0.1, 0.15) is 24.2 Å². The fourth-order valence-corrected chi connectivity index (χ4v) is 1.33. The Morgan fingerprint density at radius 2 is 2.21 bits per heavy atom. The summed E-state index contributed by atoms with van der Waals surface area (Å²) in [4.78, 5) is 25.1. The molecular formula is C11H17N5O3. The molecule has 0 aliphatic carbocycles. The van der Waals surface area contributed by atoms with Crippen molar-refractivity contribution in [3.8, 4) is 0 Å². The molecule has 1 aromatic rings. The molecule has 5 N–H and O–H groups in total. The van der Waals surface area contributed by atoms with Crippen LogP contribution in [0.2, 0.25) is 0 Å². The monoisotopic (exact) mass is 267 g/mol. The number of nitrogens with zero attached hydrogens (tertiary/aromatic N) is 2. The number of anilines is 1. The van der Waals surface area contributed by atoms with Gasteiger partial charge in [-0.05, 0) is 5.92 Å². The average Bonchev–Trinajstić information content (AvgIpc) is 2.35. The molecule has 104 valence electrons. The minimum Gasteiger partial charge on any atom is -0.368 e. The predicted molar refractivity (Wildman–Crippen MR) is 70.7 cm³/mol. The Labute approximate surface area is 110 Å². The number of pyridine rings is 1. The van der Waals surface area contributed by atoms with Gasteiger partial charge in [0.25, 0.3) is 11.6 Å². The summed E-state index contributed by atoms with van der Waals surface area (Å²) in [7, 11) is 0. The van der Waals surface area contributed by atoms with Gasteiger partial charge in [-0.2, -0.15) is 0 Å². The fraction of sp³-hybridized carbons (Fsp3) is 0.455. The van der Waals surface area contributed by atoms with Gasteiger partial charge < -0.3 is 16.8 Å². The summed E-state index contributed by atoms with van der Waals surface area (Å²) in [5.41, 5.74) is 10.7. The SMILES string of the molecule is CC(C)C(N)CNc1ncc([N+](=O)[O-])cc1C(N)=O. The van der Waals surface area contributed by atoms with Crippen LogP contribution in [0.15, 0.2) is 12.3 Å². The van der Waals surface area contributed by atoms with E-state index in [9.17, 15) is 14.9 Å². The lowest BCUT2D eigenvalue weighted by molar-refractivity contribution is -0.385. The molecule has 0 bridgehead atoms. The Morgan fingerprint density at radius 1 is 1.58 bits per heavy atom. The van der Waals surface area contributed by atoms with Crippen molar-refractivity contribution < 1.29 is 9.72 Å². The van der Waals surface area contributed by atoms with E-state index >= 15 is 0 Å². The Hall–Kier alpha value is -2.22. The second-order valence-corrected chi connectivity index (χ2v) is 4.50. The second-order valence-electron chi connectivity index (χ2n) is 4.50. The molecule has 0 spiro atoms. The van der Waals surface area contributed by atoms with E-state index in [0.717, 1.165) is 12.3 Å². The topological polar surface area (TPSA) is 137 Å². The van der Waals surface area contributed by atoms with Crippen molar-refractivity contribution in [1.29, 1.82) is 0 Å². The van der Waals surface area contributed by atoms with Crippen LogP contribution in [0.25, 0.3) is 0 Å². The molecule has 1 amide bonds. The number of rotatable bonds is 6. The summed E-state index contributed by atoms with van der Waals surface area (Å²) in [6, 6.07) is 0.969. The third kappa shape index (κ3) is 3.88. The number of nitro groups is 1. The zero-order valence-electron chi connectivity index (χ0n) is 10.8. The van der Waals surface area contributed by atoms with Crippen LogP contribution in [0.5, 0.6) is 0 Å². The molecule has 1 unspecified atom stereocenters.